The Kier molecular flexibility index (Phi) is 4.75. The summed E-state index contributed by atoms with van der Waals surface area (Å²) in [6, 6.07) is 14.3. The summed E-state index contributed by atoms with van der Waals surface area (Å²) in [6.07, 6.45) is 3.32. The van der Waals surface area contributed by atoms with Crippen molar-refractivity contribution in [1.82, 2.24) is 9.97 Å². The minimum atomic E-state index is 0.0437. The maximum atomic E-state index is 8.72. The largest absolute Gasteiger partial charge is 0.409 e. The molecule has 0 aliphatic heterocycles. The van der Waals surface area contributed by atoms with Crippen LogP contribution >= 0.6 is 0 Å². The Bertz CT molecular complexity index is 889. The molecule has 3 aromatic rings. The number of hydrogen-bond donors (Lipinski definition) is 4. The van der Waals surface area contributed by atoms with Crippen molar-refractivity contribution in [3.8, 4) is 22.5 Å². The van der Waals surface area contributed by atoms with Gasteiger partial charge in [0.2, 0.25) is 0 Å². The zero-order valence-corrected chi connectivity index (χ0v) is 13.6. The molecule has 0 unspecified atom stereocenters. The Morgan fingerprint density at radius 1 is 0.692 bits per heavy atom. The van der Waals surface area contributed by atoms with E-state index in [1.807, 2.05) is 24.3 Å². The lowest BCUT2D eigenvalue weighted by molar-refractivity contribution is 0.318. The van der Waals surface area contributed by atoms with Gasteiger partial charge in [0, 0.05) is 22.3 Å². The van der Waals surface area contributed by atoms with E-state index in [0.717, 1.165) is 11.1 Å². The van der Waals surface area contributed by atoms with Crippen LogP contribution in [0.1, 0.15) is 11.1 Å². The second-order valence-electron chi connectivity index (χ2n) is 5.41. The number of nitrogens with zero attached hydrogens (tertiary/aromatic N) is 4. The topological polar surface area (TPSA) is 143 Å². The number of oxime groups is 2. The molecule has 0 saturated carbocycles. The highest BCUT2D eigenvalue weighted by molar-refractivity contribution is 5.97. The van der Waals surface area contributed by atoms with Gasteiger partial charge >= 0.3 is 0 Å². The molecule has 0 aliphatic carbocycles. The molecule has 0 radical (unpaired) electrons. The molecule has 0 saturated heterocycles. The zero-order valence-electron chi connectivity index (χ0n) is 13.6. The van der Waals surface area contributed by atoms with Gasteiger partial charge in [0.25, 0.3) is 0 Å². The maximum absolute atomic E-state index is 8.72. The van der Waals surface area contributed by atoms with E-state index >= 15 is 0 Å². The van der Waals surface area contributed by atoms with Crippen LogP contribution in [0, 0.1) is 0 Å². The van der Waals surface area contributed by atoms with Gasteiger partial charge in [-0.05, 0) is 0 Å². The maximum Gasteiger partial charge on any atom is 0.170 e. The molecule has 0 amide bonds. The molecule has 0 aliphatic rings. The lowest BCUT2D eigenvalue weighted by Gasteiger charge is -2.06. The fraction of sp³-hybridized carbons (Fsp3) is 0. The van der Waals surface area contributed by atoms with Crippen LogP contribution in [0.15, 0.2) is 71.2 Å². The Labute approximate surface area is 149 Å². The molecule has 2 aromatic carbocycles. The van der Waals surface area contributed by atoms with E-state index < -0.39 is 0 Å². The van der Waals surface area contributed by atoms with Crippen LogP contribution in [-0.4, -0.2) is 32.1 Å². The third kappa shape index (κ3) is 3.44. The molecule has 1 aromatic heterocycles. The third-order valence-corrected chi connectivity index (χ3v) is 3.80. The Balaban J connectivity index is 1.91. The smallest absolute Gasteiger partial charge is 0.170 e. The molecule has 1 heterocycles. The molecule has 0 spiro atoms. The minimum Gasteiger partial charge on any atom is -0.409 e. The van der Waals surface area contributed by atoms with Crippen molar-refractivity contribution in [3.63, 3.8) is 0 Å². The molecule has 0 atom stereocenters. The first kappa shape index (κ1) is 16.9. The fourth-order valence-electron chi connectivity index (χ4n) is 2.38. The summed E-state index contributed by atoms with van der Waals surface area (Å²) in [5, 5.41) is 23.4. The van der Waals surface area contributed by atoms with Crippen LogP contribution in [0.25, 0.3) is 22.5 Å². The number of nitrogens with two attached hydrogens (primary N) is 2. The third-order valence-electron chi connectivity index (χ3n) is 3.80. The average Bonchev–Trinajstić information content (AvgIpc) is 2.73. The van der Waals surface area contributed by atoms with Crippen molar-refractivity contribution in [3.05, 3.63) is 72.1 Å². The molecule has 0 bridgehead atoms. The Morgan fingerprint density at radius 3 is 1.42 bits per heavy atom. The summed E-state index contributed by atoms with van der Waals surface area (Å²) in [5.74, 6) is 0.0873. The SMILES string of the molecule is N/C(=N\O)c1ccc(-c2cncc(-c3ccc(/C(N)=N/O)cc3)n2)cc1. The molecular weight excluding hydrogens is 332 g/mol. The molecule has 0 fully saturated rings. The number of rotatable bonds is 4. The van der Waals surface area contributed by atoms with Gasteiger partial charge in [-0.25, -0.2) is 4.98 Å². The van der Waals surface area contributed by atoms with Crippen molar-refractivity contribution in [2.75, 3.05) is 0 Å². The average molecular weight is 348 g/mol. The van der Waals surface area contributed by atoms with Crippen molar-refractivity contribution in [2.45, 2.75) is 0 Å². The van der Waals surface area contributed by atoms with E-state index in [2.05, 4.69) is 20.3 Å². The van der Waals surface area contributed by atoms with Gasteiger partial charge in [0.15, 0.2) is 11.7 Å². The summed E-state index contributed by atoms with van der Waals surface area (Å²) >= 11 is 0. The van der Waals surface area contributed by atoms with Gasteiger partial charge in [-0.15, -0.1) is 0 Å². The molecular formula is C18H16N6O2. The molecule has 8 heteroatoms. The van der Waals surface area contributed by atoms with Crippen molar-refractivity contribution < 1.29 is 10.4 Å². The molecule has 3 rings (SSSR count). The van der Waals surface area contributed by atoms with E-state index in [9.17, 15) is 0 Å². The van der Waals surface area contributed by atoms with E-state index in [4.69, 9.17) is 21.9 Å². The lowest BCUT2D eigenvalue weighted by atomic mass is 10.1. The number of aromatic nitrogens is 2. The summed E-state index contributed by atoms with van der Waals surface area (Å²) in [7, 11) is 0. The van der Waals surface area contributed by atoms with Crippen LogP contribution in [0.3, 0.4) is 0 Å². The lowest BCUT2D eigenvalue weighted by Crippen LogP contribution is -2.12. The van der Waals surface area contributed by atoms with Gasteiger partial charge < -0.3 is 21.9 Å². The minimum absolute atomic E-state index is 0.0437. The summed E-state index contributed by atoms with van der Waals surface area (Å²) < 4.78 is 0. The van der Waals surface area contributed by atoms with Crippen molar-refractivity contribution in [2.24, 2.45) is 21.8 Å². The highest BCUT2D eigenvalue weighted by atomic mass is 16.4. The normalized spacial score (nSPS) is 12.2. The van der Waals surface area contributed by atoms with E-state index in [1.54, 1.807) is 36.7 Å². The summed E-state index contributed by atoms with van der Waals surface area (Å²) in [6.45, 7) is 0. The number of amidine groups is 2. The number of hydrogen-bond acceptors (Lipinski definition) is 6. The Hall–Kier alpha value is -3.94. The first-order chi connectivity index (χ1) is 12.6. The predicted octanol–water partition coefficient (Wildman–Crippen LogP) is 2.00. The standard InChI is InChI=1S/C18H16N6O2/c19-17(23-25)13-5-1-11(2-6-13)15-9-21-10-16(22-15)12-3-7-14(8-4-12)18(20)24-26/h1-10,25-26H,(H2,19,23)(H2,20,24). The van der Waals surface area contributed by atoms with Crippen molar-refractivity contribution in [1.29, 1.82) is 0 Å². The van der Waals surface area contributed by atoms with Crippen LogP contribution in [0.2, 0.25) is 0 Å². The van der Waals surface area contributed by atoms with Gasteiger partial charge in [-0.2, -0.15) is 0 Å². The molecule has 26 heavy (non-hydrogen) atoms. The van der Waals surface area contributed by atoms with Crippen LogP contribution in [0.5, 0.6) is 0 Å². The fourth-order valence-corrected chi connectivity index (χ4v) is 2.38. The van der Waals surface area contributed by atoms with E-state index in [-0.39, 0.29) is 11.7 Å². The van der Waals surface area contributed by atoms with Gasteiger partial charge in [-0.3, -0.25) is 4.98 Å². The second kappa shape index (κ2) is 7.31. The highest BCUT2D eigenvalue weighted by Crippen LogP contribution is 2.22. The van der Waals surface area contributed by atoms with Crippen LogP contribution in [0.4, 0.5) is 0 Å². The number of benzene rings is 2. The monoisotopic (exact) mass is 348 g/mol. The predicted molar refractivity (Wildman–Crippen MR) is 97.9 cm³/mol. The van der Waals surface area contributed by atoms with Gasteiger partial charge in [-0.1, -0.05) is 58.8 Å². The summed E-state index contributed by atoms with van der Waals surface area (Å²) in [5.41, 5.74) is 15.4. The zero-order chi connectivity index (χ0) is 18.5. The van der Waals surface area contributed by atoms with E-state index in [0.29, 0.717) is 22.5 Å². The van der Waals surface area contributed by atoms with E-state index in [1.165, 1.54) is 0 Å². The quantitative estimate of drug-likeness (QED) is 0.246. The van der Waals surface area contributed by atoms with Crippen LogP contribution < -0.4 is 11.5 Å². The molecule has 6 N–H and O–H groups in total. The molecule has 8 nitrogen and oxygen atoms in total. The second-order valence-corrected chi connectivity index (χ2v) is 5.41. The molecule has 130 valence electrons. The first-order valence-corrected chi connectivity index (χ1v) is 7.61. The van der Waals surface area contributed by atoms with Gasteiger partial charge in [0.05, 0.1) is 23.8 Å². The first-order valence-electron chi connectivity index (χ1n) is 7.61. The highest BCUT2D eigenvalue weighted by Gasteiger charge is 2.07. The van der Waals surface area contributed by atoms with Crippen molar-refractivity contribution >= 4 is 11.7 Å². The Morgan fingerprint density at radius 2 is 1.08 bits per heavy atom. The van der Waals surface area contributed by atoms with Crippen LogP contribution in [-0.2, 0) is 0 Å². The summed E-state index contributed by atoms with van der Waals surface area (Å²) in [4.78, 5) is 8.86. The van der Waals surface area contributed by atoms with Gasteiger partial charge in [0.1, 0.15) is 0 Å².